The van der Waals surface area contributed by atoms with Gasteiger partial charge in [-0.25, -0.2) is 0 Å². The Morgan fingerprint density at radius 2 is 0.915 bits per heavy atom. The van der Waals surface area contributed by atoms with E-state index in [1.54, 1.807) is 51.7 Å². The molecule has 4 aromatic rings. The fraction of sp³-hybridized carbons (Fsp3) is 0.696. The number of nitrogens with zero attached hydrogens (tertiary/aromatic N) is 5. The number of aliphatic hydroxyl groups is 5. The van der Waals surface area contributed by atoms with E-state index < -0.39 is 66.4 Å². The number of fused-ring (bicyclic) bond motifs is 2. The van der Waals surface area contributed by atoms with Crippen LogP contribution in [0.4, 0.5) is 0 Å². The van der Waals surface area contributed by atoms with Crippen LogP contribution in [-0.4, -0.2) is 176 Å². The Morgan fingerprint density at radius 1 is 0.462 bits per heavy atom. The summed E-state index contributed by atoms with van der Waals surface area (Å²) in [6.45, 7) is 14.3. The monoisotopic (exact) mass is 1640 g/mol. The maximum absolute atomic E-state index is 14.2. The maximum atomic E-state index is 14.2. The topological polar surface area (TPSA) is 382 Å². The largest absolute Gasteiger partial charge is 0.494 e. The summed E-state index contributed by atoms with van der Waals surface area (Å²) in [7, 11) is 0. The summed E-state index contributed by atoms with van der Waals surface area (Å²) in [6, 6.07) is 4.65. The third-order valence-corrected chi connectivity index (χ3v) is 23.8. The van der Waals surface area contributed by atoms with Gasteiger partial charge in [-0.1, -0.05) is 191 Å². The van der Waals surface area contributed by atoms with Gasteiger partial charge in [0.15, 0.2) is 53.1 Å². The summed E-state index contributed by atoms with van der Waals surface area (Å²) in [4.78, 5) is 56.6. The fourth-order valence-corrected chi connectivity index (χ4v) is 17.9. The molecular weight excluding hydrogens is 1500 g/mol. The van der Waals surface area contributed by atoms with Crippen LogP contribution in [0.5, 0.6) is 47.0 Å². The van der Waals surface area contributed by atoms with E-state index in [0.717, 1.165) is 96.3 Å². The molecule has 13 N–H and O–H groups in total. The number of unbranched alkanes of at least 4 members (excludes halogenated alkanes) is 19. The number of esters is 3. The van der Waals surface area contributed by atoms with E-state index in [1.807, 2.05) is 31.2 Å². The maximum Gasteiger partial charge on any atom is 0.306 e. The number of aromatic nitrogens is 4. The van der Waals surface area contributed by atoms with Crippen molar-refractivity contribution >= 4 is 23.8 Å². The first kappa shape index (κ1) is 96.3. The van der Waals surface area contributed by atoms with Gasteiger partial charge in [-0.15, -0.1) is 0 Å². The van der Waals surface area contributed by atoms with Gasteiger partial charge in [-0.2, -0.15) is 0 Å². The zero-order valence-corrected chi connectivity index (χ0v) is 71.4. The zero-order chi connectivity index (χ0) is 85.3. The SMILES string of the molecule is CC/C=C\CC1C=CC(C(CCCCCCCC(=O)OCC(COC(=O)CCCCCCCC(c2cc(O)n(CC(C)O)c2O)C2C=CC(CCCCC)C3C(=O)N(CC(C)O)CC23)OC(=O)CCCCCCCC(/C=C/CCCCCCC)c2cc(O)n(CC(C)O)c2O)c2cc(O)n(CC(C)O)c2O)c2c1c(O)n(CC(C)O)c2O. The number of β-amino-alcohol motifs (C(OH)–C–C–N with tert-alkyl or cyclic N) is 1. The molecule has 0 radical (unpaired) electrons. The Labute approximate surface area is 694 Å². The molecule has 1 saturated heterocycles. The van der Waals surface area contributed by atoms with Crippen LogP contribution in [0, 0.1) is 23.7 Å². The van der Waals surface area contributed by atoms with Crippen LogP contribution < -0.4 is 0 Å². The zero-order valence-electron chi connectivity index (χ0n) is 71.4. The van der Waals surface area contributed by atoms with E-state index in [9.17, 15) is 85.6 Å². The van der Waals surface area contributed by atoms with Crippen molar-refractivity contribution in [3.63, 3.8) is 0 Å². The third-order valence-electron chi connectivity index (χ3n) is 23.8. The number of hydrogen-bond acceptors (Lipinski definition) is 20. The average Bonchev–Trinajstić information content (AvgIpc) is 1.59. The summed E-state index contributed by atoms with van der Waals surface area (Å²) in [5.41, 5.74) is 2.58. The molecule has 0 saturated carbocycles. The molecule has 4 aromatic heterocycles. The molecule has 1 aliphatic heterocycles. The van der Waals surface area contributed by atoms with E-state index in [0.29, 0.717) is 111 Å². The number of carbonyl (C=O) groups is 4. The number of ether oxygens (including phenoxy) is 3. The number of aromatic hydroxyl groups is 8. The van der Waals surface area contributed by atoms with E-state index in [4.69, 9.17) is 14.2 Å². The van der Waals surface area contributed by atoms with Crippen LogP contribution in [-0.2, 0) is 59.6 Å². The normalized spacial score (nSPS) is 19.7. The molecule has 5 heterocycles. The molecule has 0 bridgehead atoms. The first-order valence-corrected chi connectivity index (χ1v) is 44.5. The van der Waals surface area contributed by atoms with Crippen molar-refractivity contribution in [2.45, 2.75) is 360 Å². The van der Waals surface area contributed by atoms with Crippen LogP contribution in [0.15, 0.2) is 66.8 Å². The fourth-order valence-electron chi connectivity index (χ4n) is 17.9. The molecule has 658 valence electrons. The van der Waals surface area contributed by atoms with Gasteiger partial charge in [0.25, 0.3) is 0 Å². The molecule has 25 heteroatoms. The highest BCUT2D eigenvalue weighted by atomic mass is 16.6. The molecule has 3 aliphatic rings. The lowest BCUT2D eigenvalue weighted by atomic mass is 9.65. The smallest absolute Gasteiger partial charge is 0.306 e. The first-order valence-electron chi connectivity index (χ1n) is 44.5. The van der Waals surface area contributed by atoms with Gasteiger partial charge in [-0.3, -0.25) is 37.4 Å². The highest BCUT2D eigenvalue weighted by Gasteiger charge is 2.51. The molecule has 117 heavy (non-hydrogen) atoms. The Balaban J connectivity index is 0.949. The number of aliphatic hydroxyl groups excluding tert-OH is 5. The van der Waals surface area contributed by atoms with Crippen LogP contribution in [0.25, 0.3) is 0 Å². The lowest BCUT2D eigenvalue weighted by molar-refractivity contribution is -0.167. The molecule has 2 aliphatic carbocycles. The van der Waals surface area contributed by atoms with Crippen molar-refractivity contribution in [3.05, 3.63) is 94.6 Å². The lowest BCUT2D eigenvalue weighted by Crippen LogP contribution is -2.36. The summed E-state index contributed by atoms with van der Waals surface area (Å²) >= 11 is 0. The van der Waals surface area contributed by atoms with Gasteiger partial charge in [-0.05, 0) is 135 Å². The van der Waals surface area contributed by atoms with Crippen molar-refractivity contribution in [2.75, 3.05) is 26.3 Å². The van der Waals surface area contributed by atoms with Crippen molar-refractivity contribution in [3.8, 4) is 47.0 Å². The molecule has 7 rings (SSSR count). The predicted octanol–water partition coefficient (Wildman–Crippen LogP) is 16.5. The summed E-state index contributed by atoms with van der Waals surface area (Å²) in [6.07, 6.45) is 35.9. The highest BCUT2D eigenvalue weighted by molar-refractivity contribution is 5.82. The molecule has 0 aromatic carbocycles. The molecule has 15 atom stereocenters. The Hall–Kier alpha value is -7.84. The van der Waals surface area contributed by atoms with E-state index in [2.05, 4.69) is 38.2 Å². The second-order valence-corrected chi connectivity index (χ2v) is 34.0. The van der Waals surface area contributed by atoms with E-state index in [1.165, 1.54) is 43.6 Å². The van der Waals surface area contributed by atoms with Crippen molar-refractivity contribution in [1.82, 2.24) is 23.2 Å². The molecule has 1 fully saturated rings. The lowest BCUT2D eigenvalue weighted by Gasteiger charge is -2.38. The molecule has 25 nitrogen and oxygen atoms in total. The second-order valence-electron chi connectivity index (χ2n) is 34.0. The Kier molecular flexibility index (Phi) is 40.9. The quantitative estimate of drug-likeness (QED) is 0.00845. The van der Waals surface area contributed by atoms with Gasteiger partial charge < -0.3 is 85.5 Å². The van der Waals surface area contributed by atoms with E-state index in [-0.39, 0.29) is 160 Å². The van der Waals surface area contributed by atoms with E-state index >= 15 is 0 Å². The first-order chi connectivity index (χ1) is 56.1. The molecular formula is C92H145N5O20. The minimum atomic E-state index is -1.08. The number of hydrogen-bond donors (Lipinski definition) is 13. The minimum absolute atomic E-state index is 0.0101. The van der Waals surface area contributed by atoms with Crippen molar-refractivity contribution < 1.29 is 99.8 Å². The van der Waals surface area contributed by atoms with Crippen molar-refractivity contribution in [1.29, 1.82) is 0 Å². The van der Waals surface area contributed by atoms with Crippen LogP contribution in [0.3, 0.4) is 0 Å². The van der Waals surface area contributed by atoms with Crippen LogP contribution in [0.2, 0.25) is 0 Å². The van der Waals surface area contributed by atoms with Crippen LogP contribution in [0.1, 0.15) is 325 Å². The third kappa shape index (κ3) is 29.0. The number of carbonyl (C=O) groups excluding carboxylic acids is 4. The molecule has 15 unspecified atom stereocenters. The summed E-state index contributed by atoms with van der Waals surface area (Å²) in [5, 5.41) is 143. The average molecular weight is 1640 g/mol. The second kappa shape index (κ2) is 49.7. The van der Waals surface area contributed by atoms with Gasteiger partial charge >= 0.3 is 17.9 Å². The number of allylic oxidation sites excluding steroid dienone is 8. The molecule has 0 spiro atoms. The Morgan fingerprint density at radius 3 is 1.45 bits per heavy atom. The number of likely N-dealkylation sites (tertiary alicyclic amines) is 1. The predicted molar refractivity (Wildman–Crippen MR) is 451 cm³/mol. The van der Waals surface area contributed by atoms with Gasteiger partial charge in [0.1, 0.15) is 13.2 Å². The van der Waals surface area contributed by atoms with Gasteiger partial charge in [0.2, 0.25) is 5.91 Å². The number of amides is 1. The van der Waals surface area contributed by atoms with Crippen LogP contribution >= 0.6 is 0 Å². The standard InChI is InChI=1S/C92H145N5O20/c1-9-12-15-16-17-21-30-37-66(74-50-78(103)94(87(74)109)54-62(5)99)38-31-22-18-27-36-45-83(108)117-69(59-115-81(106)43-34-25-19-23-32-41-70(75-51-79(104)95(88(75)110)55-63(6)100)72-48-46-67(39-28-13-10-2)84-77(72)58-93(90(84)112)53-61(4)98)60-116-82(107)44-35-26-20-24-33-42-71(76-52-80(105)96(89(76)111)56-64(7)101)73-49-47-68(40-29-14-11-3)85-86(73)92(114)97(91(85)113)57-65(8)102/h14,29-30,37,46-52,61-73,77,84,98-105,109-111,113-114H,9-13,15-28,31-36,38-45,53-60H2,1-8H3/b29-14-,37-30+. The van der Waals surface area contributed by atoms with Gasteiger partial charge in [0, 0.05) is 102 Å². The van der Waals surface area contributed by atoms with Crippen molar-refractivity contribution in [2.24, 2.45) is 23.7 Å². The Bertz CT molecular complexity index is 3780. The molecule has 1 amide bonds. The van der Waals surface area contributed by atoms with Gasteiger partial charge in [0.05, 0.1) is 56.7 Å². The number of rotatable bonds is 58. The summed E-state index contributed by atoms with van der Waals surface area (Å²) < 4.78 is 22.6. The highest BCUT2D eigenvalue weighted by Crippen LogP contribution is 2.56. The summed E-state index contributed by atoms with van der Waals surface area (Å²) in [5.74, 6) is -5.06. The minimum Gasteiger partial charge on any atom is -0.494 e.